The molecule has 1 saturated heterocycles. The van der Waals surface area contributed by atoms with Crippen LogP contribution in [0, 0.1) is 5.92 Å². The van der Waals surface area contributed by atoms with Crippen LogP contribution in [0.15, 0.2) is 18.3 Å². The van der Waals surface area contributed by atoms with Gasteiger partial charge < -0.3 is 9.47 Å². The van der Waals surface area contributed by atoms with Crippen molar-refractivity contribution < 1.29 is 4.79 Å². The molecule has 1 amide bonds. The van der Waals surface area contributed by atoms with E-state index in [1.54, 1.807) is 0 Å². The van der Waals surface area contributed by atoms with Crippen molar-refractivity contribution in [2.24, 2.45) is 5.92 Å². The number of carbonyl (C=O) groups is 1. The Balaban J connectivity index is 1.73. The van der Waals surface area contributed by atoms with E-state index in [1.165, 1.54) is 0 Å². The molecule has 0 bridgehead atoms. The minimum absolute atomic E-state index is 0.421. The van der Waals surface area contributed by atoms with E-state index in [0.717, 1.165) is 49.9 Å². The number of aromatic nitrogens is 3. The van der Waals surface area contributed by atoms with Crippen molar-refractivity contribution >= 4 is 29.0 Å². The third kappa shape index (κ3) is 2.56. The largest absolute Gasteiger partial charge is 0.345 e. The predicted octanol–water partition coefficient (Wildman–Crippen LogP) is 1.95. The molecule has 1 aliphatic rings. The molecule has 0 atom stereocenters. The number of likely N-dealkylation sites (tertiary alicyclic amines) is 1. The third-order valence-electron chi connectivity index (χ3n) is 3.73. The molecule has 0 spiro atoms. The van der Waals surface area contributed by atoms with Crippen molar-refractivity contribution in [3.05, 3.63) is 23.5 Å². The van der Waals surface area contributed by atoms with Crippen LogP contribution in [0.4, 0.5) is 0 Å². The number of halogens is 1. The van der Waals surface area contributed by atoms with Crippen molar-refractivity contribution in [1.82, 2.24) is 19.7 Å². The van der Waals surface area contributed by atoms with Crippen LogP contribution in [0.25, 0.3) is 11.0 Å². The molecule has 3 rings (SSSR count). The first kappa shape index (κ1) is 12.4. The van der Waals surface area contributed by atoms with E-state index >= 15 is 0 Å². The molecule has 0 N–H and O–H groups in total. The highest BCUT2D eigenvalue weighted by atomic mass is 35.5. The van der Waals surface area contributed by atoms with E-state index < -0.39 is 0 Å². The maximum atomic E-state index is 10.7. The standard InChI is InChI=1S/C13H15ClN4O/c14-12-7-11-3-6-18(13(11)16-15-12)8-10-1-4-17(9-19)5-2-10/h3,6-7,9-10H,1-2,4-5,8H2. The Hall–Kier alpha value is -1.62. The molecule has 19 heavy (non-hydrogen) atoms. The summed E-state index contributed by atoms with van der Waals surface area (Å²) in [5.41, 5.74) is 0.877. The molecule has 0 unspecified atom stereocenters. The molecule has 0 aliphatic carbocycles. The van der Waals surface area contributed by atoms with Crippen LogP contribution < -0.4 is 0 Å². The van der Waals surface area contributed by atoms with Crippen LogP contribution in [-0.2, 0) is 11.3 Å². The number of hydrogen-bond donors (Lipinski definition) is 0. The minimum atomic E-state index is 0.421. The van der Waals surface area contributed by atoms with E-state index in [-0.39, 0.29) is 0 Å². The van der Waals surface area contributed by atoms with Crippen LogP contribution in [0.3, 0.4) is 0 Å². The van der Waals surface area contributed by atoms with Crippen molar-refractivity contribution in [2.45, 2.75) is 19.4 Å². The first-order valence-corrected chi connectivity index (χ1v) is 6.81. The number of rotatable bonds is 3. The van der Waals surface area contributed by atoms with E-state index in [2.05, 4.69) is 14.8 Å². The topological polar surface area (TPSA) is 51.0 Å². The molecule has 0 aromatic carbocycles. The van der Waals surface area contributed by atoms with Crippen LogP contribution in [0.1, 0.15) is 12.8 Å². The summed E-state index contributed by atoms with van der Waals surface area (Å²) in [5.74, 6) is 0.587. The van der Waals surface area contributed by atoms with Gasteiger partial charge in [0.1, 0.15) is 0 Å². The Morgan fingerprint density at radius 3 is 2.89 bits per heavy atom. The van der Waals surface area contributed by atoms with Crippen LogP contribution in [0.2, 0.25) is 5.15 Å². The summed E-state index contributed by atoms with van der Waals surface area (Å²) in [6, 6.07) is 3.84. The Kier molecular flexibility index (Phi) is 3.38. The second-order valence-corrected chi connectivity index (χ2v) is 5.39. The number of hydrogen-bond acceptors (Lipinski definition) is 3. The first-order chi connectivity index (χ1) is 9.26. The maximum Gasteiger partial charge on any atom is 0.209 e. The Morgan fingerprint density at radius 1 is 1.37 bits per heavy atom. The lowest BCUT2D eigenvalue weighted by molar-refractivity contribution is -0.119. The van der Waals surface area contributed by atoms with E-state index in [1.807, 2.05) is 23.2 Å². The molecule has 2 aromatic heterocycles. The monoisotopic (exact) mass is 278 g/mol. The van der Waals surface area contributed by atoms with E-state index in [9.17, 15) is 4.79 Å². The maximum absolute atomic E-state index is 10.7. The van der Waals surface area contributed by atoms with Gasteiger partial charge in [-0.1, -0.05) is 11.6 Å². The number of fused-ring (bicyclic) bond motifs is 1. The fraction of sp³-hybridized carbons (Fsp3) is 0.462. The quantitative estimate of drug-likeness (QED) is 0.807. The van der Waals surface area contributed by atoms with Gasteiger partial charge in [-0.3, -0.25) is 4.79 Å². The molecule has 100 valence electrons. The van der Waals surface area contributed by atoms with Gasteiger partial charge >= 0.3 is 0 Å². The molecule has 1 aliphatic heterocycles. The van der Waals surface area contributed by atoms with Gasteiger partial charge in [-0.25, -0.2) is 0 Å². The van der Waals surface area contributed by atoms with Crippen molar-refractivity contribution in [2.75, 3.05) is 13.1 Å². The molecule has 6 heteroatoms. The summed E-state index contributed by atoms with van der Waals surface area (Å²) in [6.45, 7) is 2.63. The highest BCUT2D eigenvalue weighted by Crippen LogP contribution is 2.22. The van der Waals surface area contributed by atoms with Crippen LogP contribution >= 0.6 is 11.6 Å². The highest BCUT2D eigenvalue weighted by molar-refractivity contribution is 6.29. The molecule has 0 radical (unpaired) electrons. The van der Waals surface area contributed by atoms with Gasteiger partial charge in [-0.05, 0) is 30.9 Å². The second kappa shape index (κ2) is 5.17. The van der Waals surface area contributed by atoms with Gasteiger partial charge in [0.2, 0.25) is 6.41 Å². The Bertz CT molecular complexity index is 589. The fourth-order valence-electron chi connectivity index (χ4n) is 2.63. The van der Waals surface area contributed by atoms with Crippen LogP contribution in [-0.4, -0.2) is 39.2 Å². The SMILES string of the molecule is O=CN1CCC(Cn2ccc3cc(Cl)nnc32)CC1. The second-order valence-electron chi connectivity index (χ2n) is 5.00. The molecule has 0 saturated carbocycles. The average molecular weight is 279 g/mol. The van der Waals surface area contributed by atoms with Crippen LogP contribution in [0.5, 0.6) is 0 Å². The van der Waals surface area contributed by atoms with Crippen molar-refractivity contribution in [3.63, 3.8) is 0 Å². The lowest BCUT2D eigenvalue weighted by Crippen LogP contribution is -2.33. The van der Waals surface area contributed by atoms with Gasteiger partial charge in [0.05, 0.1) is 0 Å². The summed E-state index contributed by atoms with van der Waals surface area (Å²) in [5, 5.41) is 9.49. The normalized spacial score (nSPS) is 17.0. The number of nitrogens with zero attached hydrogens (tertiary/aromatic N) is 4. The lowest BCUT2D eigenvalue weighted by Gasteiger charge is -2.29. The zero-order chi connectivity index (χ0) is 13.2. The molecular formula is C13H15ClN4O. The number of piperidine rings is 1. The Labute approximate surface area is 116 Å². The third-order valence-corrected chi connectivity index (χ3v) is 3.92. The predicted molar refractivity (Wildman–Crippen MR) is 72.9 cm³/mol. The van der Waals surface area contributed by atoms with Crippen molar-refractivity contribution in [1.29, 1.82) is 0 Å². The first-order valence-electron chi connectivity index (χ1n) is 6.43. The summed E-state index contributed by atoms with van der Waals surface area (Å²) >= 11 is 5.83. The average Bonchev–Trinajstić information content (AvgIpc) is 2.82. The lowest BCUT2D eigenvalue weighted by atomic mass is 9.97. The van der Waals surface area contributed by atoms with Gasteiger partial charge in [-0.2, -0.15) is 0 Å². The zero-order valence-corrected chi connectivity index (χ0v) is 11.3. The van der Waals surface area contributed by atoms with Gasteiger partial charge in [0.15, 0.2) is 10.8 Å². The number of carbonyl (C=O) groups excluding carboxylic acids is 1. The summed E-state index contributed by atoms with van der Waals surface area (Å²) in [4.78, 5) is 12.5. The van der Waals surface area contributed by atoms with Gasteiger partial charge in [0.25, 0.3) is 0 Å². The van der Waals surface area contributed by atoms with Gasteiger partial charge in [-0.15, -0.1) is 10.2 Å². The smallest absolute Gasteiger partial charge is 0.209 e. The minimum Gasteiger partial charge on any atom is -0.345 e. The number of amides is 1. The zero-order valence-electron chi connectivity index (χ0n) is 10.5. The molecule has 1 fully saturated rings. The van der Waals surface area contributed by atoms with Gasteiger partial charge in [0, 0.05) is 31.2 Å². The Morgan fingerprint density at radius 2 is 2.16 bits per heavy atom. The van der Waals surface area contributed by atoms with Crippen molar-refractivity contribution in [3.8, 4) is 0 Å². The molecule has 2 aromatic rings. The summed E-state index contributed by atoms with van der Waals surface area (Å²) in [7, 11) is 0. The molecule has 5 nitrogen and oxygen atoms in total. The molecular weight excluding hydrogens is 264 g/mol. The highest BCUT2D eigenvalue weighted by Gasteiger charge is 2.19. The summed E-state index contributed by atoms with van der Waals surface area (Å²) < 4.78 is 2.12. The van der Waals surface area contributed by atoms with E-state index in [4.69, 9.17) is 11.6 Å². The molecule has 3 heterocycles. The van der Waals surface area contributed by atoms with E-state index in [0.29, 0.717) is 11.1 Å². The fourth-order valence-corrected chi connectivity index (χ4v) is 2.78. The summed E-state index contributed by atoms with van der Waals surface area (Å²) in [6.07, 6.45) is 5.05.